The Morgan fingerprint density at radius 2 is 2.38 bits per heavy atom. The number of H-pyrrole nitrogens is 1. The van der Waals surface area contributed by atoms with Crippen molar-refractivity contribution < 1.29 is 0 Å². The van der Waals surface area contributed by atoms with Gasteiger partial charge in [0, 0.05) is 30.9 Å². The predicted octanol–water partition coefficient (Wildman–Crippen LogP) is 0.424. The summed E-state index contributed by atoms with van der Waals surface area (Å²) in [5.74, 6) is 0.562. The molecule has 0 amide bonds. The van der Waals surface area contributed by atoms with Crippen LogP contribution >= 0.6 is 0 Å². The van der Waals surface area contributed by atoms with Crippen LogP contribution in [0.15, 0.2) is 23.4 Å². The molecule has 0 radical (unpaired) electrons. The number of hydrogen-bond acceptors (Lipinski definition) is 4. The average Bonchev–Trinajstić information content (AvgIpc) is 2.57. The van der Waals surface area contributed by atoms with E-state index >= 15 is 0 Å². The van der Waals surface area contributed by atoms with Crippen molar-refractivity contribution in [3.8, 4) is 0 Å². The van der Waals surface area contributed by atoms with Crippen molar-refractivity contribution in [3.63, 3.8) is 0 Å². The van der Waals surface area contributed by atoms with Crippen LogP contribution in [0.5, 0.6) is 0 Å². The maximum Gasteiger partial charge on any atom is 0.252 e. The van der Waals surface area contributed by atoms with E-state index in [0.717, 1.165) is 11.3 Å². The fourth-order valence-electron chi connectivity index (χ4n) is 1.37. The Bertz CT molecular complexity index is 542. The summed E-state index contributed by atoms with van der Waals surface area (Å²) in [5, 5.41) is 7.21. The molecule has 0 unspecified atom stereocenters. The first-order valence-electron chi connectivity index (χ1n) is 4.93. The molecule has 0 saturated heterocycles. The number of anilines is 1. The second-order valence-electron chi connectivity index (χ2n) is 3.53. The largest absolute Gasteiger partial charge is 0.366 e. The minimum atomic E-state index is -0.166. The van der Waals surface area contributed by atoms with Gasteiger partial charge in [0.2, 0.25) is 0 Å². The Hall–Kier alpha value is -2.11. The maximum absolute atomic E-state index is 11.0. The number of hydrogen-bond donors (Lipinski definition) is 2. The highest BCUT2D eigenvalue weighted by molar-refractivity contribution is 5.33. The van der Waals surface area contributed by atoms with Crippen molar-refractivity contribution in [2.45, 2.75) is 13.5 Å². The fraction of sp³-hybridized carbons (Fsp3) is 0.300. The van der Waals surface area contributed by atoms with Gasteiger partial charge in [-0.15, -0.1) is 0 Å². The molecule has 0 aliphatic rings. The van der Waals surface area contributed by atoms with E-state index in [1.807, 2.05) is 18.7 Å². The maximum atomic E-state index is 11.0. The third-order valence-corrected chi connectivity index (χ3v) is 2.48. The smallest absolute Gasteiger partial charge is 0.252 e. The summed E-state index contributed by atoms with van der Waals surface area (Å²) in [4.78, 5) is 17.5. The lowest BCUT2D eigenvalue weighted by Gasteiger charge is -2.03. The minimum Gasteiger partial charge on any atom is -0.366 e. The molecular weight excluding hydrogens is 206 g/mol. The Balaban J connectivity index is 2.08. The number of aromatic nitrogens is 4. The third kappa shape index (κ3) is 2.10. The highest BCUT2D eigenvalue weighted by Crippen LogP contribution is 2.07. The molecule has 0 aromatic carbocycles. The third-order valence-electron chi connectivity index (χ3n) is 2.48. The first-order valence-corrected chi connectivity index (χ1v) is 4.93. The van der Waals surface area contributed by atoms with Crippen molar-refractivity contribution in [2.24, 2.45) is 7.05 Å². The van der Waals surface area contributed by atoms with Crippen LogP contribution in [0.25, 0.3) is 0 Å². The van der Waals surface area contributed by atoms with E-state index in [1.165, 1.54) is 12.4 Å². The van der Waals surface area contributed by atoms with Gasteiger partial charge in [0.05, 0.1) is 12.5 Å². The predicted molar refractivity (Wildman–Crippen MR) is 60.1 cm³/mol. The van der Waals surface area contributed by atoms with Gasteiger partial charge in [-0.05, 0) is 6.92 Å². The first-order chi connectivity index (χ1) is 7.66. The van der Waals surface area contributed by atoms with E-state index in [2.05, 4.69) is 20.4 Å². The summed E-state index contributed by atoms with van der Waals surface area (Å²) in [6.07, 6.45) is 3.18. The van der Waals surface area contributed by atoms with Crippen LogP contribution in [0, 0.1) is 6.92 Å². The van der Waals surface area contributed by atoms with Crippen LogP contribution in [-0.2, 0) is 13.6 Å². The van der Waals surface area contributed by atoms with E-state index in [1.54, 1.807) is 6.20 Å². The van der Waals surface area contributed by atoms with E-state index in [0.29, 0.717) is 12.4 Å². The molecule has 0 fully saturated rings. The fourth-order valence-corrected chi connectivity index (χ4v) is 1.37. The summed E-state index contributed by atoms with van der Waals surface area (Å²) < 4.78 is 1.81. The molecule has 0 aliphatic carbocycles. The van der Waals surface area contributed by atoms with E-state index in [4.69, 9.17) is 0 Å². The lowest BCUT2D eigenvalue weighted by Crippen LogP contribution is -2.09. The molecule has 0 spiro atoms. The summed E-state index contributed by atoms with van der Waals surface area (Å²) in [5.41, 5.74) is 2.02. The zero-order valence-corrected chi connectivity index (χ0v) is 9.19. The van der Waals surface area contributed by atoms with Crippen LogP contribution in [0.3, 0.4) is 0 Å². The molecule has 0 saturated carbocycles. The molecule has 0 atom stereocenters. The van der Waals surface area contributed by atoms with Gasteiger partial charge < -0.3 is 10.3 Å². The molecule has 6 heteroatoms. The summed E-state index contributed by atoms with van der Waals surface area (Å²) >= 11 is 0. The van der Waals surface area contributed by atoms with Gasteiger partial charge in [0.15, 0.2) is 0 Å². The molecule has 2 aromatic heterocycles. The second-order valence-corrected chi connectivity index (χ2v) is 3.53. The van der Waals surface area contributed by atoms with Crippen molar-refractivity contribution in [1.82, 2.24) is 19.7 Å². The van der Waals surface area contributed by atoms with Crippen LogP contribution < -0.4 is 10.9 Å². The normalized spacial score (nSPS) is 10.4. The van der Waals surface area contributed by atoms with Gasteiger partial charge in [0.1, 0.15) is 5.82 Å². The van der Waals surface area contributed by atoms with Crippen LogP contribution in [0.2, 0.25) is 0 Å². The number of nitrogens with zero attached hydrogens (tertiary/aromatic N) is 3. The second kappa shape index (κ2) is 4.18. The molecule has 84 valence electrons. The van der Waals surface area contributed by atoms with Gasteiger partial charge in [-0.3, -0.25) is 9.48 Å². The monoisotopic (exact) mass is 219 g/mol. The average molecular weight is 219 g/mol. The van der Waals surface area contributed by atoms with Gasteiger partial charge in [-0.25, -0.2) is 4.98 Å². The Labute approximate surface area is 92.3 Å². The quantitative estimate of drug-likeness (QED) is 0.784. The van der Waals surface area contributed by atoms with E-state index in [9.17, 15) is 4.79 Å². The highest BCUT2D eigenvalue weighted by atomic mass is 16.1. The molecule has 2 rings (SSSR count). The van der Waals surface area contributed by atoms with Crippen molar-refractivity contribution >= 4 is 5.82 Å². The number of aryl methyl sites for hydroxylation is 1. The molecule has 0 bridgehead atoms. The zero-order valence-electron chi connectivity index (χ0n) is 9.19. The van der Waals surface area contributed by atoms with Crippen LogP contribution in [-0.4, -0.2) is 19.7 Å². The molecular formula is C10H13N5O. The number of nitrogens with one attached hydrogen (secondary N) is 2. The molecule has 16 heavy (non-hydrogen) atoms. The Morgan fingerprint density at radius 1 is 1.56 bits per heavy atom. The summed E-state index contributed by atoms with van der Waals surface area (Å²) in [6.45, 7) is 2.60. The highest BCUT2D eigenvalue weighted by Gasteiger charge is 2.03. The van der Waals surface area contributed by atoms with Gasteiger partial charge in [0.25, 0.3) is 5.56 Å². The zero-order chi connectivity index (χ0) is 11.5. The van der Waals surface area contributed by atoms with E-state index in [-0.39, 0.29) is 5.56 Å². The van der Waals surface area contributed by atoms with Gasteiger partial charge in [-0.1, -0.05) is 0 Å². The lowest BCUT2D eigenvalue weighted by molar-refractivity contribution is 0.738. The van der Waals surface area contributed by atoms with Crippen molar-refractivity contribution in [2.75, 3.05) is 5.32 Å². The van der Waals surface area contributed by atoms with Crippen LogP contribution in [0.1, 0.15) is 11.3 Å². The Kier molecular flexibility index (Phi) is 2.72. The van der Waals surface area contributed by atoms with Gasteiger partial charge >= 0.3 is 0 Å². The topological polar surface area (TPSA) is 75.6 Å². The van der Waals surface area contributed by atoms with Crippen molar-refractivity contribution in [3.05, 3.63) is 40.2 Å². The van der Waals surface area contributed by atoms with Crippen LogP contribution in [0.4, 0.5) is 5.82 Å². The lowest BCUT2D eigenvalue weighted by atomic mass is 10.2. The Morgan fingerprint density at radius 3 is 3.00 bits per heavy atom. The minimum absolute atomic E-state index is 0.166. The molecule has 2 heterocycles. The van der Waals surface area contributed by atoms with E-state index < -0.39 is 0 Å². The molecule has 0 aliphatic heterocycles. The molecule has 6 nitrogen and oxygen atoms in total. The standard InChI is InChI=1S/C10H13N5O/c1-7-8(5-14-15(7)2)4-11-9-3-10(16)13-6-12-9/h3,5-6H,4H2,1-2H3,(H2,11,12,13,16). The number of rotatable bonds is 3. The molecule has 2 N–H and O–H groups in total. The van der Waals surface area contributed by atoms with Crippen molar-refractivity contribution in [1.29, 1.82) is 0 Å². The summed E-state index contributed by atoms with van der Waals surface area (Å²) in [6, 6.07) is 1.42. The van der Waals surface area contributed by atoms with Gasteiger partial charge in [-0.2, -0.15) is 5.10 Å². The first kappa shape index (κ1) is 10.4. The SMILES string of the molecule is Cc1c(CNc2cc(=O)[nH]cn2)cnn1C. The summed E-state index contributed by atoms with van der Waals surface area (Å²) in [7, 11) is 1.89. The number of aromatic amines is 1. The molecule has 2 aromatic rings.